The fourth-order valence-corrected chi connectivity index (χ4v) is 3.80. The van der Waals surface area contributed by atoms with Crippen LogP contribution in [0.5, 0.6) is 0 Å². The molecule has 5 heteroatoms. The molecule has 1 aromatic rings. The first-order chi connectivity index (χ1) is 11.5. The van der Waals surface area contributed by atoms with Gasteiger partial charge in [-0.05, 0) is 57.2 Å². The van der Waals surface area contributed by atoms with Crippen molar-refractivity contribution in [3.63, 3.8) is 0 Å². The first-order valence-corrected chi connectivity index (χ1v) is 8.98. The largest absolute Gasteiger partial charge is 0.334 e. The van der Waals surface area contributed by atoms with Gasteiger partial charge in [0.2, 0.25) is 0 Å². The average molecular weight is 327 g/mol. The Morgan fingerprint density at radius 1 is 1.21 bits per heavy atom. The minimum atomic E-state index is -0.491. The van der Waals surface area contributed by atoms with Gasteiger partial charge in [-0.3, -0.25) is 4.98 Å². The normalized spacial score (nSPS) is 27.1. The number of nitrogens with two attached hydrogens (primary N) is 1. The van der Waals surface area contributed by atoms with Gasteiger partial charge in [-0.2, -0.15) is 0 Å². The minimum Gasteiger partial charge on any atom is -0.334 e. The van der Waals surface area contributed by atoms with Gasteiger partial charge in [0.15, 0.2) is 5.96 Å². The lowest BCUT2D eigenvalue weighted by atomic mass is 9.76. The van der Waals surface area contributed by atoms with Crippen LogP contribution in [0.1, 0.15) is 57.3 Å². The van der Waals surface area contributed by atoms with Gasteiger partial charge in [-0.1, -0.05) is 25.3 Å². The van der Waals surface area contributed by atoms with Gasteiger partial charge in [-0.25, -0.2) is 4.99 Å². The second-order valence-electron chi connectivity index (χ2n) is 7.14. The quantitative estimate of drug-likeness (QED) is 0.798. The third kappa shape index (κ3) is 3.46. The van der Waals surface area contributed by atoms with Gasteiger partial charge in [0, 0.05) is 11.4 Å². The van der Waals surface area contributed by atoms with Gasteiger partial charge < -0.3 is 16.4 Å². The number of aryl methyl sites for hydroxylation is 1. The van der Waals surface area contributed by atoms with E-state index in [-0.39, 0.29) is 0 Å². The van der Waals surface area contributed by atoms with Crippen LogP contribution in [0, 0.1) is 12.8 Å². The van der Waals surface area contributed by atoms with E-state index < -0.39 is 5.66 Å². The lowest BCUT2D eigenvalue weighted by molar-refractivity contribution is 0.215. The minimum absolute atomic E-state index is 0.464. The van der Waals surface area contributed by atoms with Crippen molar-refractivity contribution in [2.24, 2.45) is 16.6 Å². The third-order valence-electron chi connectivity index (χ3n) is 5.41. The molecular weight excluding hydrogens is 298 g/mol. The highest BCUT2D eigenvalue weighted by molar-refractivity contribution is 5.84. The molecule has 3 rings (SSSR count). The van der Waals surface area contributed by atoms with Crippen molar-refractivity contribution in [1.29, 1.82) is 0 Å². The molecule has 5 nitrogen and oxygen atoms in total. The summed E-state index contributed by atoms with van der Waals surface area (Å²) in [5.74, 6) is 1.22. The Hall–Kier alpha value is -1.88. The first-order valence-electron chi connectivity index (χ1n) is 8.98. The van der Waals surface area contributed by atoms with E-state index in [0.29, 0.717) is 12.5 Å². The summed E-state index contributed by atoms with van der Waals surface area (Å²) in [6.45, 7) is 6.76. The lowest BCUT2D eigenvalue weighted by Gasteiger charge is -2.45. The van der Waals surface area contributed by atoms with Crippen LogP contribution < -0.4 is 16.4 Å². The molecule has 1 saturated carbocycles. The molecule has 1 unspecified atom stereocenters. The second kappa shape index (κ2) is 6.93. The Labute approximate surface area is 144 Å². The molecule has 2 heterocycles. The number of nitrogens with zero attached hydrogens (tertiary/aromatic N) is 2. The van der Waals surface area contributed by atoms with Crippen molar-refractivity contribution in [2.45, 2.75) is 65.1 Å². The van der Waals surface area contributed by atoms with Gasteiger partial charge in [0.05, 0.1) is 12.2 Å². The van der Waals surface area contributed by atoms with Gasteiger partial charge in [-0.15, -0.1) is 0 Å². The van der Waals surface area contributed by atoms with E-state index in [1.54, 1.807) is 0 Å². The summed E-state index contributed by atoms with van der Waals surface area (Å²) in [6.07, 6.45) is 6.23. The van der Waals surface area contributed by atoms with E-state index in [4.69, 9.17) is 5.73 Å². The Kier molecular flexibility index (Phi) is 4.90. The molecule has 24 heavy (non-hydrogen) atoms. The Morgan fingerprint density at radius 3 is 2.67 bits per heavy atom. The van der Waals surface area contributed by atoms with E-state index in [1.807, 2.05) is 25.1 Å². The van der Waals surface area contributed by atoms with Crippen LogP contribution in [0.3, 0.4) is 0 Å². The van der Waals surface area contributed by atoms with Crippen LogP contribution >= 0.6 is 0 Å². The number of guanidine groups is 1. The summed E-state index contributed by atoms with van der Waals surface area (Å²) >= 11 is 0. The van der Waals surface area contributed by atoms with Crippen LogP contribution in [-0.4, -0.2) is 16.6 Å². The SMILES string of the molecule is CC1=C(C)C(N)(C2CCCCC2)NC(=NCc2cccc(C)n2)N1. The molecule has 1 aromatic heterocycles. The third-order valence-corrected chi connectivity index (χ3v) is 5.41. The Morgan fingerprint density at radius 2 is 1.96 bits per heavy atom. The van der Waals surface area contributed by atoms with Crippen LogP contribution in [-0.2, 0) is 6.54 Å². The summed E-state index contributed by atoms with van der Waals surface area (Å²) in [5.41, 5.74) is 10.6. The van der Waals surface area contributed by atoms with Gasteiger partial charge in [0.25, 0.3) is 0 Å². The summed E-state index contributed by atoms with van der Waals surface area (Å²) in [4.78, 5) is 9.20. The van der Waals surface area contributed by atoms with Crippen molar-refractivity contribution < 1.29 is 0 Å². The topological polar surface area (TPSA) is 75.3 Å². The van der Waals surface area contributed by atoms with Crippen LogP contribution in [0.4, 0.5) is 0 Å². The maximum absolute atomic E-state index is 6.85. The molecule has 0 radical (unpaired) electrons. The number of rotatable bonds is 3. The van der Waals surface area contributed by atoms with Crippen molar-refractivity contribution in [3.8, 4) is 0 Å². The van der Waals surface area contributed by atoms with Crippen LogP contribution in [0.2, 0.25) is 0 Å². The first kappa shape index (κ1) is 17.0. The predicted molar refractivity (Wildman–Crippen MR) is 98.3 cm³/mol. The van der Waals surface area contributed by atoms with Crippen LogP contribution in [0.15, 0.2) is 34.5 Å². The fourth-order valence-electron chi connectivity index (χ4n) is 3.80. The van der Waals surface area contributed by atoms with Crippen LogP contribution in [0.25, 0.3) is 0 Å². The van der Waals surface area contributed by atoms with E-state index >= 15 is 0 Å². The number of pyridine rings is 1. The highest BCUT2D eigenvalue weighted by Gasteiger charge is 2.41. The predicted octanol–water partition coefficient (Wildman–Crippen LogP) is 2.97. The molecule has 0 amide bonds. The molecular formula is C19H29N5. The molecule has 0 bridgehead atoms. The van der Waals surface area contributed by atoms with E-state index in [1.165, 1.54) is 37.7 Å². The zero-order valence-corrected chi connectivity index (χ0v) is 15.0. The number of allylic oxidation sites excluding steroid dienone is 1. The molecule has 4 N–H and O–H groups in total. The molecule has 130 valence electrons. The number of nitrogens with one attached hydrogen (secondary N) is 2. The Bertz CT molecular complexity index is 657. The molecule has 0 aromatic carbocycles. The maximum atomic E-state index is 6.85. The highest BCUT2D eigenvalue weighted by atomic mass is 15.3. The standard InChI is InChI=1S/C19H29N5/c1-13-8-7-11-17(22-13)12-21-18-23-15(3)14(2)19(20,24-18)16-9-5-4-6-10-16/h7-8,11,16H,4-6,9-10,12,20H2,1-3H3,(H2,21,23,24). The highest BCUT2D eigenvalue weighted by Crippen LogP contribution is 2.35. The van der Waals surface area contributed by atoms with Crippen molar-refractivity contribution in [3.05, 3.63) is 40.9 Å². The smallest absolute Gasteiger partial charge is 0.197 e. The molecule has 1 aliphatic carbocycles. The Balaban J connectivity index is 1.80. The van der Waals surface area contributed by atoms with E-state index in [9.17, 15) is 0 Å². The molecule has 1 atom stereocenters. The van der Waals surface area contributed by atoms with Crippen molar-refractivity contribution >= 4 is 5.96 Å². The summed E-state index contributed by atoms with van der Waals surface area (Å²) < 4.78 is 0. The fraction of sp³-hybridized carbons (Fsp3) is 0.579. The zero-order chi connectivity index (χ0) is 17.2. The van der Waals surface area contributed by atoms with Crippen molar-refractivity contribution in [1.82, 2.24) is 15.6 Å². The maximum Gasteiger partial charge on any atom is 0.197 e. The van der Waals surface area contributed by atoms with Crippen molar-refractivity contribution in [2.75, 3.05) is 0 Å². The number of hydrogen-bond donors (Lipinski definition) is 3. The van der Waals surface area contributed by atoms with Gasteiger partial charge >= 0.3 is 0 Å². The van der Waals surface area contributed by atoms with E-state index in [2.05, 4.69) is 34.5 Å². The summed E-state index contributed by atoms with van der Waals surface area (Å²) in [5, 5.41) is 6.85. The monoisotopic (exact) mass is 327 g/mol. The molecule has 0 spiro atoms. The molecule has 2 aliphatic rings. The lowest BCUT2D eigenvalue weighted by Crippen LogP contribution is -2.67. The number of aromatic nitrogens is 1. The molecule has 1 fully saturated rings. The molecule has 0 saturated heterocycles. The average Bonchev–Trinajstić information content (AvgIpc) is 2.58. The van der Waals surface area contributed by atoms with Gasteiger partial charge in [0.1, 0.15) is 5.66 Å². The second-order valence-corrected chi connectivity index (χ2v) is 7.14. The summed E-state index contributed by atoms with van der Waals surface area (Å²) in [7, 11) is 0. The number of hydrogen-bond acceptors (Lipinski definition) is 3. The summed E-state index contributed by atoms with van der Waals surface area (Å²) in [6, 6.07) is 6.02. The van der Waals surface area contributed by atoms with E-state index in [0.717, 1.165) is 23.0 Å². The number of aliphatic imine (C=N–C) groups is 1. The molecule has 1 aliphatic heterocycles. The zero-order valence-electron chi connectivity index (χ0n) is 15.0.